The molecule has 19 heavy (non-hydrogen) atoms. The van der Waals surface area contributed by atoms with Crippen molar-refractivity contribution in [1.29, 1.82) is 0 Å². The lowest BCUT2D eigenvalue weighted by Gasteiger charge is -2.20. The van der Waals surface area contributed by atoms with E-state index in [-0.39, 0.29) is 0 Å². The third kappa shape index (κ3) is 3.54. The highest BCUT2D eigenvalue weighted by Crippen LogP contribution is 2.18. The number of aryl methyl sites for hydroxylation is 1. The third-order valence-electron chi connectivity index (χ3n) is 3.46. The van der Waals surface area contributed by atoms with Crippen LogP contribution in [0.2, 0.25) is 0 Å². The van der Waals surface area contributed by atoms with Gasteiger partial charge in [0.2, 0.25) is 0 Å². The quantitative estimate of drug-likeness (QED) is 0.840. The highest BCUT2D eigenvalue weighted by molar-refractivity contribution is 9.09. The molecule has 1 unspecified atom stereocenters. The summed E-state index contributed by atoms with van der Waals surface area (Å²) in [6.45, 7) is 7.43. The molecular formula is C16H21BrN2. The number of aromatic nitrogens is 1. The second-order valence-electron chi connectivity index (χ2n) is 5.33. The molecule has 2 rings (SSSR count). The van der Waals surface area contributed by atoms with Crippen molar-refractivity contribution in [3.8, 4) is 0 Å². The summed E-state index contributed by atoms with van der Waals surface area (Å²) >= 11 is 3.58. The van der Waals surface area contributed by atoms with Crippen molar-refractivity contribution in [1.82, 2.24) is 10.3 Å². The van der Waals surface area contributed by atoms with Gasteiger partial charge in [0, 0.05) is 29.0 Å². The SMILES string of the molecule is Cc1cc(CNC(CBr)C(C)C)c2ccccc2n1. The number of hydrogen-bond donors (Lipinski definition) is 1. The van der Waals surface area contributed by atoms with Crippen LogP contribution in [0.4, 0.5) is 0 Å². The first kappa shape index (κ1) is 14.5. The molecule has 102 valence electrons. The second kappa shape index (κ2) is 6.49. The van der Waals surface area contributed by atoms with Gasteiger partial charge >= 0.3 is 0 Å². The first-order valence-corrected chi connectivity index (χ1v) is 7.88. The Hall–Kier alpha value is -0.930. The Morgan fingerprint density at radius 3 is 2.68 bits per heavy atom. The Kier molecular flexibility index (Phi) is 4.94. The van der Waals surface area contributed by atoms with Gasteiger partial charge in [0.25, 0.3) is 0 Å². The fourth-order valence-electron chi connectivity index (χ4n) is 2.25. The average molecular weight is 321 g/mol. The van der Waals surface area contributed by atoms with Gasteiger partial charge in [-0.2, -0.15) is 0 Å². The van der Waals surface area contributed by atoms with E-state index < -0.39 is 0 Å². The number of hydrogen-bond acceptors (Lipinski definition) is 2. The van der Waals surface area contributed by atoms with Crippen LogP contribution in [0.15, 0.2) is 30.3 Å². The van der Waals surface area contributed by atoms with Gasteiger partial charge in [-0.1, -0.05) is 48.0 Å². The van der Waals surface area contributed by atoms with Crippen molar-refractivity contribution in [3.63, 3.8) is 0 Å². The van der Waals surface area contributed by atoms with E-state index in [1.54, 1.807) is 0 Å². The van der Waals surface area contributed by atoms with Crippen molar-refractivity contribution in [3.05, 3.63) is 41.6 Å². The lowest BCUT2D eigenvalue weighted by Crippen LogP contribution is -2.34. The Balaban J connectivity index is 2.25. The predicted octanol–water partition coefficient (Wildman–Crippen LogP) is 4.05. The molecule has 0 aliphatic rings. The normalized spacial score (nSPS) is 13.1. The summed E-state index contributed by atoms with van der Waals surface area (Å²) in [6.07, 6.45) is 0. The largest absolute Gasteiger partial charge is 0.309 e. The number of pyridine rings is 1. The molecule has 2 aromatic rings. The molecule has 0 saturated carbocycles. The molecule has 0 bridgehead atoms. The summed E-state index contributed by atoms with van der Waals surface area (Å²) in [5.41, 5.74) is 3.49. The van der Waals surface area contributed by atoms with Crippen LogP contribution in [0.1, 0.15) is 25.1 Å². The summed E-state index contributed by atoms with van der Waals surface area (Å²) in [5.74, 6) is 0.619. The van der Waals surface area contributed by atoms with E-state index in [1.807, 2.05) is 6.07 Å². The van der Waals surface area contributed by atoms with Gasteiger partial charge in [0.05, 0.1) is 5.52 Å². The van der Waals surface area contributed by atoms with Gasteiger partial charge in [0.1, 0.15) is 0 Å². The fourth-order valence-corrected chi connectivity index (χ4v) is 3.23. The Morgan fingerprint density at radius 2 is 2.00 bits per heavy atom. The number of nitrogens with zero attached hydrogens (tertiary/aromatic N) is 1. The van der Waals surface area contributed by atoms with Gasteiger partial charge in [0.15, 0.2) is 0 Å². The first-order chi connectivity index (χ1) is 9.11. The van der Waals surface area contributed by atoms with Crippen LogP contribution in [0, 0.1) is 12.8 Å². The van der Waals surface area contributed by atoms with Crippen LogP contribution >= 0.6 is 15.9 Å². The van der Waals surface area contributed by atoms with Crippen LogP contribution < -0.4 is 5.32 Å². The molecule has 3 heteroatoms. The maximum absolute atomic E-state index is 4.58. The third-order valence-corrected chi connectivity index (χ3v) is 4.15. The van der Waals surface area contributed by atoms with E-state index in [0.717, 1.165) is 23.1 Å². The average Bonchev–Trinajstić information content (AvgIpc) is 2.38. The Morgan fingerprint density at radius 1 is 1.26 bits per heavy atom. The van der Waals surface area contributed by atoms with E-state index in [4.69, 9.17) is 0 Å². The molecule has 0 amide bonds. The molecule has 0 radical (unpaired) electrons. The Bertz CT molecular complexity index is 551. The number of rotatable bonds is 5. The molecule has 1 N–H and O–H groups in total. The number of benzene rings is 1. The zero-order valence-electron chi connectivity index (χ0n) is 11.8. The first-order valence-electron chi connectivity index (χ1n) is 6.76. The van der Waals surface area contributed by atoms with Crippen LogP contribution in [-0.2, 0) is 6.54 Å². The van der Waals surface area contributed by atoms with Gasteiger partial charge in [-0.25, -0.2) is 0 Å². The molecule has 0 aliphatic heterocycles. The number of nitrogens with one attached hydrogen (secondary N) is 1. The molecule has 1 aromatic heterocycles. The zero-order chi connectivity index (χ0) is 13.8. The van der Waals surface area contributed by atoms with Gasteiger partial charge in [-0.15, -0.1) is 0 Å². The van der Waals surface area contributed by atoms with Gasteiger partial charge in [-0.3, -0.25) is 4.98 Å². The maximum atomic E-state index is 4.58. The van der Waals surface area contributed by atoms with Gasteiger partial charge < -0.3 is 5.32 Å². The molecule has 0 aliphatic carbocycles. The highest BCUT2D eigenvalue weighted by atomic mass is 79.9. The molecule has 1 heterocycles. The van der Waals surface area contributed by atoms with Crippen molar-refractivity contribution in [2.75, 3.05) is 5.33 Å². The van der Waals surface area contributed by atoms with E-state index >= 15 is 0 Å². The number of halogens is 1. The van der Waals surface area contributed by atoms with Crippen LogP contribution in [0.5, 0.6) is 0 Å². The minimum Gasteiger partial charge on any atom is -0.309 e. The fraction of sp³-hybridized carbons (Fsp3) is 0.438. The molecule has 0 spiro atoms. The summed E-state index contributed by atoms with van der Waals surface area (Å²) in [5, 5.41) is 5.86. The van der Waals surface area contributed by atoms with Crippen LogP contribution in [-0.4, -0.2) is 16.4 Å². The summed E-state index contributed by atoms with van der Waals surface area (Å²) in [7, 11) is 0. The highest BCUT2D eigenvalue weighted by Gasteiger charge is 2.12. The van der Waals surface area contributed by atoms with Crippen LogP contribution in [0.25, 0.3) is 10.9 Å². The minimum atomic E-state index is 0.493. The molecule has 0 fully saturated rings. The summed E-state index contributed by atoms with van der Waals surface area (Å²) < 4.78 is 0. The number of fused-ring (bicyclic) bond motifs is 1. The van der Waals surface area contributed by atoms with E-state index in [0.29, 0.717) is 12.0 Å². The molecule has 0 saturated heterocycles. The van der Waals surface area contributed by atoms with Gasteiger partial charge in [-0.05, 0) is 30.5 Å². The zero-order valence-corrected chi connectivity index (χ0v) is 13.4. The lowest BCUT2D eigenvalue weighted by molar-refractivity contribution is 0.434. The molecular weight excluding hydrogens is 300 g/mol. The van der Waals surface area contributed by atoms with E-state index in [1.165, 1.54) is 10.9 Å². The smallest absolute Gasteiger partial charge is 0.0708 e. The van der Waals surface area contributed by atoms with Crippen molar-refractivity contribution in [2.24, 2.45) is 5.92 Å². The monoisotopic (exact) mass is 320 g/mol. The van der Waals surface area contributed by atoms with Crippen molar-refractivity contribution in [2.45, 2.75) is 33.4 Å². The molecule has 1 aromatic carbocycles. The Labute approximate surface area is 123 Å². The van der Waals surface area contributed by atoms with Crippen molar-refractivity contribution >= 4 is 26.8 Å². The lowest BCUT2D eigenvalue weighted by atomic mass is 10.0. The predicted molar refractivity (Wildman–Crippen MR) is 85.7 cm³/mol. The van der Waals surface area contributed by atoms with E-state index in [9.17, 15) is 0 Å². The molecule has 1 atom stereocenters. The summed E-state index contributed by atoms with van der Waals surface area (Å²) in [6, 6.07) is 11.0. The maximum Gasteiger partial charge on any atom is 0.0708 e. The second-order valence-corrected chi connectivity index (χ2v) is 5.97. The number of para-hydroxylation sites is 1. The van der Waals surface area contributed by atoms with Crippen LogP contribution in [0.3, 0.4) is 0 Å². The number of alkyl halides is 1. The topological polar surface area (TPSA) is 24.9 Å². The standard InChI is InChI=1S/C16H21BrN2/c1-11(2)16(9-17)18-10-13-8-12(3)19-15-7-5-4-6-14(13)15/h4-8,11,16,18H,9-10H2,1-3H3. The minimum absolute atomic E-state index is 0.493. The van der Waals surface area contributed by atoms with E-state index in [2.05, 4.69) is 71.3 Å². The summed E-state index contributed by atoms with van der Waals surface area (Å²) in [4.78, 5) is 4.58. The van der Waals surface area contributed by atoms with Crippen molar-refractivity contribution < 1.29 is 0 Å². The molecule has 2 nitrogen and oxygen atoms in total.